The lowest BCUT2D eigenvalue weighted by Gasteiger charge is -2.16. The van der Waals surface area contributed by atoms with Crippen molar-refractivity contribution in [3.8, 4) is 0 Å². The maximum Gasteiger partial charge on any atom is 0.137 e. The Balaban J connectivity index is 2.70. The van der Waals surface area contributed by atoms with E-state index in [9.17, 15) is 4.79 Å². The highest BCUT2D eigenvalue weighted by atomic mass is 16.1. The summed E-state index contributed by atoms with van der Waals surface area (Å²) in [6, 6.07) is 0. The second-order valence-electron chi connectivity index (χ2n) is 2.77. The van der Waals surface area contributed by atoms with Gasteiger partial charge in [-0.3, -0.25) is 4.79 Å². The molecule has 1 aliphatic rings. The quantitative estimate of drug-likeness (QED) is 0.538. The van der Waals surface area contributed by atoms with Crippen molar-refractivity contribution in [1.29, 1.82) is 0 Å². The lowest BCUT2D eigenvalue weighted by atomic mass is 9.87. The smallest absolute Gasteiger partial charge is 0.137 e. The maximum atomic E-state index is 10.9. The molecule has 0 radical (unpaired) electrons. The lowest BCUT2D eigenvalue weighted by Crippen LogP contribution is -2.16. The van der Waals surface area contributed by atoms with Gasteiger partial charge in [-0.05, 0) is 12.8 Å². The minimum absolute atomic E-state index is 0.116. The third-order valence-electron chi connectivity index (χ3n) is 1.88. The molecule has 0 aliphatic heterocycles. The third-order valence-corrected chi connectivity index (χ3v) is 1.88. The molecule has 0 unspecified atom stereocenters. The first-order valence-electron chi connectivity index (χ1n) is 3.57. The molecule has 0 aromatic heterocycles. The van der Waals surface area contributed by atoms with Crippen molar-refractivity contribution in [2.45, 2.75) is 13.8 Å². The summed E-state index contributed by atoms with van der Waals surface area (Å²) in [7, 11) is 0. The van der Waals surface area contributed by atoms with Gasteiger partial charge in [0.25, 0.3) is 0 Å². The van der Waals surface area contributed by atoms with Crippen LogP contribution in [0.3, 0.4) is 0 Å². The average molecular weight is 136 g/mol. The van der Waals surface area contributed by atoms with Crippen molar-refractivity contribution in [2.24, 2.45) is 11.8 Å². The number of allylic oxidation sites excluding steroid dienone is 4. The Bertz CT molecular complexity index is 189. The molecule has 0 saturated heterocycles. The van der Waals surface area contributed by atoms with Crippen LogP contribution in [-0.4, -0.2) is 5.78 Å². The van der Waals surface area contributed by atoms with Gasteiger partial charge in [0.15, 0.2) is 0 Å². The summed E-state index contributed by atoms with van der Waals surface area (Å²) in [5, 5.41) is 0. The van der Waals surface area contributed by atoms with Crippen molar-refractivity contribution in [2.75, 3.05) is 0 Å². The Morgan fingerprint density at radius 2 is 1.90 bits per heavy atom. The molecular formula is C9H12O. The van der Waals surface area contributed by atoms with E-state index in [-0.39, 0.29) is 11.7 Å². The predicted octanol–water partition coefficient (Wildman–Crippen LogP) is 1.95. The second kappa shape index (κ2) is 2.82. The van der Waals surface area contributed by atoms with E-state index < -0.39 is 0 Å². The van der Waals surface area contributed by atoms with E-state index in [1.165, 1.54) is 0 Å². The molecule has 1 rings (SSSR count). The lowest BCUT2D eigenvalue weighted by molar-refractivity contribution is -0.120. The van der Waals surface area contributed by atoms with Gasteiger partial charge >= 0.3 is 0 Å². The maximum absolute atomic E-state index is 10.9. The van der Waals surface area contributed by atoms with Crippen LogP contribution < -0.4 is 0 Å². The van der Waals surface area contributed by atoms with Crippen LogP contribution in [0.25, 0.3) is 0 Å². The minimum Gasteiger partial charge on any atom is -0.299 e. The highest BCUT2D eigenvalue weighted by Crippen LogP contribution is 2.19. The van der Waals surface area contributed by atoms with Crippen LogP contribution in [0.1, 0.15) is 13.8 Å². The molecule has 0 amide bonds. The number of Topliss-reactive ketones (excluding diaryl/α,β-unsaturated/α-hetero) is 1. The van der Waals surface area contributed by atoms with E-state index >= 15 is 0 Å². The summed E-state index contributed by atoms with van der Waals surface area (Å²) in [5.41, 5.74) is 0. The molecule has 0 aromatic carbocycles. The largest absolute Gasteiger partial charge is 0.299 e. The van der Waals surface area contributed by atoms with Gasteiger partial charge in [0.1, 0.15) is 5.78 Å². The number of rotatable bonds is 1. The first kappa shape index (κ1) is 7.26. The monoisotopic (exact) mass is 136 g/mol. The zero-order chi connectivity index (χ0) is 7.56. The topological polar surface area (TPSA) is 17.1 Å². The van der Waals surface area contributed by atoms with Crippen LogP contribution in [0.4, 0.5) is 0 Å². The van der Waals surface area contributed by atoms with E-state index in [4.69, 9.17) is 0 Å². The second-order valence-corrected chi connectivity index (χ2v) is 2.77. The molecular weight excluding hydrogens is 124 g/mol. The van der Waals surface area contributed by atoms with Crippen LogP contribution in [0.15, 0.2) is 24.3 Å². The van der Waals surface area contributed by atoms with Crippen LogP contribution >= 0.6 is 0 Å². The van der Waals surface area contributed by atoms with Gasteiger partial charge in [-0.15, -0.1) is 0 Å². The molecule has 1 heteroatoms. The number of hydrogen-bond acceptors (Lipinski definition) is 1. The molecule has 10 heavy (non-hydrogen) atoms. The fourth-order valence-corrected chi connectivity index (χ4v) is 1.22. The van der Waals surface area contributed by atoms with Crippen molar-refractivity contribution in [1.82, 2.24) is 0 Å². The molecule has 0 saturated carbocycles. The molecule has 0 fully saturated rings. The molecule has 0 N–H and O–H groups in total. The molecule has 0 bridgehead atoms. The fourth-order valence-electron chi connectivity index (χ4n) is 1.22. The van der Waals surface area contributed by atoms with E-state index in [0.29, 0.717) is 5.92 Å². The number of carbonyl (C=O) groups is 1. The minimum atomic E-state index is 0.116. The van der Waals surface area contributed by atoms with Gasteiger partial charge in [-0.1, -0.05) is 31.2 Å². The van der Waals surface area contributed by atoms with Gasteiger partial charge in [-0.2, -0.15) is 0 Å². The van der Waals surface area contributed by atoms with Crippen LogP contribution in [-0.2, 0) is 4.79 Å². The van der Waals surface area contributed by atoms with Gasteiger partial charge in [0.2, 0.25) is 0 Å². The summed E-state index contributed by atoms with van der Waals surface area (Å²) in [6.45, 7) is 3.71. The summed E-state index contributed by atoms with van der Waals surface area (Å²) in [4.78, 5) is 10.9. The first-order chi connectivity index (χ1) is 4.72. The van der Waals surface area contributed by atoms with Crippen LogP contribution in [0, 0.1) is 11.8 Å². The van der Waals surface area contributed by atoms with Gasteiger partial charge in [-0.25, -0.2) is 0 Å². The van der Waals surface area contributed by atoms with Crippen molar-refractivity contribution < 1.29 is 4.79 Å². The Morgan fingerprint density at radius 3 is 2.30 bits per heavy atom. The first-order valence-corrected chi connectivity index (χ1v) is 3.57. The SMILES string of the molecule is CC(=O)[C@@H]1C=CC=C[C@H]1C. The van der Waals surface area contributed by atoms with Gasteiger partial charge < -0.3 is 0 Å². The number of hydrogen-bond donors (Lipinski definition) is 0. The van der Waals surface area contributed by atoms with Crippen molar-refractivity contribution in [3.05, 3.63) is 24.3 Å². The average Bonchev–Trinajstić information content (AvgIpc) is 1.88. The molecule has 2 atom stereocenters. The predicted molar refractivity (Wildman–Crippen MR) is 41.6 cm³/mol. The summed E-state index contributed by atoms with van der Waals surface area (Å²) >= 11 is 0. The highest BCUT2D eigenvalue weighted by Gasteiger charge is 2.17. The molecule has 0 aromatic rings. The summed E-state index contributed by atoms with van der Waals surface area (Å²) < 4.78 is 0. The van der Waals surface area contributed by atoms with Crippen LogP contribution in [0.5, 0.6) is 0 Å². The Kier molecular flexibility index (Phi) is 2.05. The Morgan fingerprint density at radius 1 is 1.30 bits per heavy atom. The van der Waals surface area contributed by atoms with Gasteiger partial charge in [0.05, 0.1) is 0 Å². The zero-order valence-corrected chi connectivity index (χ0v) is 6.37. The standard InChI is InChI=1S/C9H12O/c1-7-5-3-4-6-9(7)8(2)10/h3-7,9H,1-2H3/t7-,9-/m1/s1. The number of ketones is 1. The molecule has 1 aliphatic carbocycles. The zero-order valence-electron chi connectivity index (χ0n) is 6.37. The van der Waals surface area contributed by atoms with Gasteiger partial charge in [0, 0.05) is 5.92 Å². The van der Waals surface area contributed by atoms with E-state index in [0.717, 1.165) is 0 Å². The molecule has 54 valence electrons. The Hall–Kier alpha value is -0.850. The van der Waals surface area contributed by atoms with E-state index in [1.54, 1.807) is 6.92 Å². The van der Waals surface area contributed by atoms with E-state index in [2.05, 4.69) is 13.0 Å². The highest BCUT2D eigenvalue weighted by molar-refractivity contribution is 5.80. The normalized spacial score (nSPS) is 30.6. The van der Waals surface area contributed by atoms with E-state index in [1.807, 2.05) is 18.2 Å². The molecule has 0 heterocycles. The van der Waals surface area contributed by atoms with Crippen molar-refractivity contribution >= 4 is 5.78 Å². The van der Waals surface area contributed by atoms with Crippen LogP contribution in [0.2, 0.25) is 0 Å². The fraction of sp³-hybridized carbons (Fsp3) is 0.444. The molecule has 0 spiro atoms. The number of carbonyl (C=O) groups excluding carboxylic acids is 1. The van der Waals surface area contributed by atoms with Crippen molar-refractivity contribution in [3.63, 3.8) is 0 Å². The third kappa shape index (κ3) is 1.35. The Labute approximate surface area is 61.4 Å². The molecule has 1 nitrogen and oxygen atoms in total. The summed E-state index contributed by atoms with van der Waals surface area (Å²) in [6.07, 6.45) is 7.95. The summed E-state index contributed by atoms with van der Waals surface area (Å²) in [5.74, 6) is 0.751.